The van der Waals surface area contributed by atoms with E-state index in [1.54, 1.807) is 0 Å². The van der Waals surface area contributed by atoms with Gasteiger partial charge in [0.1, 0.15) is 10.9 Å². The third-order valence-electron chi connectivity index (χ3n) is 7.60. The number of hydrogen-bond acceptors (Lipinski definition) is 3. The van der Waals surface area contributed by atoms with Gasteiger partial charge in [0.05, 0.1) is 22.3 Å². The average Bonchev–Trinajstić information content (AvgIpc) is 3.06. The number of nitrogens with zero attached hydrogens (tertiary/aromatic N) is 1. The summed E-state index contributed by atoms with van der Waals surface area (Å²) in [5, 5.41) is -1.30. The first-order valence-electron chi connectivity index (χ1n) is 14.0. The molecule has 0 aliphatic carbocycles. The summed E-state index contributed by atoms with van der Waals surface area (Å²) >= 11 is 0. The van der Waals surface area contributed by atoms with Gasteiger partial charge in [0, 0.05) is 21.2 Å². The summed E-state index contributed by atoms with van der Waals surface area (Å²) in [6, 6.07) is 14.7. The lowest BCUT2D eigenvalue weighted by Crippen LogP contribution is -2.34. The van der Waals surface area contributed by atoms with E-state index in [9.17, 15) is 52.7 Å². The van der Waals surface area contributed by atoms with E-state index in [1.165, 1.54) is 0 Å². The second-order valence-corrected chi connectivity index (χ2v) is 16.2. The molecule has 0 bridgehead atoms. The van der Waals surface area contributed by atoms with Gasteiger partial charge in [-0.15, -0.1) is 0 Å². The van der Waals surface area contributed by atoms with E-state index in [-0.39, 0.29) is 21.2 Å². The van der Waals surface area contributed by atoms with Crippen molar-refractivity contribution < 1.29 is 61.8 Å². The highest BCUT2D eigenvalue weighted by Gasteiger charge is 2.40. The Morgan fingerprint density at radius 2 is 0.540 bits per heavy atom. The number of hydrogen-bond donors (Lipinski definition) is 0. The van der Waals surface area contributed by atoms with Crippen LogP contribution in [0.1, 0.15) is 22.3 Å². The molecule has 0 saturated carbocycles. The molecule has 0 saturated heterocycles. The lowest BCUT2D eigenvalue weighted by atomic mass is 10.2. The maximum atomic E-state index is 15.0. The van der Waals surface area contributed by atoms with E-state index in [2.05, 4.69) is 4.98 Å². The Kier molecular flexibility index (Phi) is 9.42. The standard InChI is InChI=1S/C33H19F12NO2P2/c34-30(35,36)20-4-12-24(13-5-20)49(47,25-14-6-21(7-15-25)31(37,38)39)28-2-1-3-29(46-28)50(48,26-16-8-22(9-17-26)32(40,41)42)27-18-10-23(11-19-27)33(43,44)45/h1-19H. The van der Waals surface area contributed by atoms with Crippen molar-refractivity contribution >= 4 is 46.4 Å². The van der Waals surface area contributed by atoms with Crippen molar-refractivity contribution in [2.75, 3.05) is 0 Å². The fourth-order valence-electron chi connectivity index (χ4n) is 5.03. The third kappa shape index (κ3) is 7.11. The maximum absolute atomic E-state index is 15.0. The van der Waals surface area contributed by atoms with Gasteiger partial charge >= 0.3 is 24.7 Å². The highest BCUT2D eigenvalue weighted by Crippen LogP contribution is 2.46. The zero-order chi connectivity index (χ0) is 36.9. The van der Waals surface area contributed by atoms with Gasteiger partial charge < -0.3 is 9.13 Å². The predicted octanol–water partition coefficient (Wildman–Crippen LogP) is 8.44. The van der Waals surface area contributed by atoms with Gasteiger partial charge in [-0.25, -0.2) is 4.98 Å². The van der Waals surface area contributed by atoms with E-state index < -0.39 is 72.1 Å². The van der Waals surface area contributed by atoms with Crippen molar-refractivity contribution in [3.63, 3.8) is 0 Å². The van der Waals surface area contributed by atoms with Gasteiger partial charge in [0.2, 0.25) is 0 Å². The molecule has 3 nitrogen and oxygen atoms in total. The topological polar surface area (TPSA) is 47.0 Å². The molecule has 5 rings (SSSR count). The molecule has 0 aliphatic rings. The van der Waals surface area contributed by atoms with Gasteiger partial charge in [-0.3, -0.25) is 0 Å². The summed E-state index contributed by atoms with van der Waals surface area (Å²) in [6.07, 6.45) is -19.3. The van der Waals surface area contributed by atoms with Gasteiger partial charge in [-0.2, -0.15) is 52.7 Å². The first kappa shape index (κ1) is 36.9. The summed E-state index contributed by atoms with van der Waals surface area (Å²) in [7, 11) is -9.05. The van der Waals surface area contributed by atoms with Crippen LogP contribution in [0.3, 0.4) is 0 Å². The molecule has 50 heavy (non-hydrogen) atoms. The number of aromatic nitrogens is 1. The van der Waals surface area contributed by atoms with Crippen LogP contribution in [0.4, 0.5) is 52.7 Å². The van der Waals surface area contributed by atoms with Crippen molar-refractivity contribution in [2.24, 2.45) is 0 Å². The summed E-state index contributed by atoms with van der Waals surface area (Å²) < 4.78 is 190. The maximum Gasteiger partial charge on any atom is 0.416 e. The molecular weight excluding hydrogens is 732 g/mol. The molecule has 0 atom stereocenters. The van der Waals surface area contributed by atoms with Gasteiger partial charge in [-0.05, 0) is 60.7 Å². The van der Waals surface area contributed by atoms with Crippen LogP contribution in [0, 0.1) is 0 Å². The monoisotopic (exact) mass is 751 g/mol. The van der Waals surface area contributed by atoms with Crippen LogP contribution in [0.25, 0.3) is 0 Å². The second kappa shape index (κ2) is 12.8. The van der Waals surface area contributed by atoms with Crippen molar-refractivity contribution in [2.45, 2.75) is 24.7 Å². The summed E-state index contributed by atoms with van der Waals surface area (Å²) in [4.78, 5) is 4.29. The largest absolute Gasteiger partial charge is 0.416 e. The Hall–Kier alpha value is -4.35. The Morgan fingerprint density at radius 1 is 0.340 bits per heavy atom. The smallest absolute Gasteiger partial charge is 0.307 e. The highest BCUT2D eigenvalue weighted by molar-refractivity contribution is 7.86. The number of halogens is 12. The van der Waals surface area contributed by atoms with E-state index in [0.29, 0.717) is 48.5 Å². The van der Waals surface area contributed by atoms with E-state index >= 15 is 9.13 Å². The first-order chi connectivity index (χ1) is 23.1. The van der Waals surface area contributed by atoms with Gasteiger partial charge in [0.25, 0.3) is 0 Å². The summed E-state index contributed by atoms with van der Waals surface area (Å²) in [6.45, 7) is 0. The predicted molar refractivity (Wildman–Crippen MR) is 163 cm³/mol. The minimum atomic E-state index is -4.81. The Labute approximate surface area is 275 Å². The zero-order valence-electron chi connectivity index (χ0n) is 24.7. The van der Waals surface area contributed by atoms with Crippen LogP contribution in [0.2, 0.25) is 0 Å². The molecule has 17 heteroatoms. The van der Waals surface area contributed by atoms with Crippen molar-refractivity contribution in [1.82, 2.24) is 4.98 Å². The Balaban J connectivity index is 1.76. The SMILES string of the molecule is O=P(c1ccc(C(F)(F)F)cc1)(c1ccc(C(F)(F)F)cc1)c1cccc(P(=O)(c2ccc(C(F)(F)F)cc2)c2ccc(C(F)(F)F)cc2)n1. The fraction of sp³-hybridized carbons (Fsp3) is 0.121. The molecule has 1 heterocycles. The summed E-state index contributed by atoms with van der Waals surface area (Å²) in [5.74, 6) is 0. The molecule has 0 N–H and O–H groups in total. The van der Waals surface area contributed by atoms with Crippen LogP contribution in [0.15, 0.2) is 115 Å². The van der Waals surface area contributed by atoms with Crippen LogP contribution in [-0.4, -0.2) is 4.98 Å². The molecule has 0 radical (unpaired) electrons. The number of rotatable bonds is 6. The molecule has 262 valence electrons. The molecule has 0 fully saturated rings. The molecule has 5 aromatic rings. The average molecular weight is 751 g/mol. The molecule has 0 spiro atoms. The van der Waals surface area contributed by atoms with Crippen molar-refractivity contribution in [1.29, 1.82) is 0 Å². The van der Waals surface area contributed by atoms with Crippen LogP contribution >= 0.6 is 14.3 Å². The zero-order valence-corrected chi connectivity index (χ0v) is 26.5. The van der Waals surface area contributed by atoms with E-state index in [1.807, 2.05) is 0 Å². The first-order valence-corrected chi connectivity index (χ1v) is 17.4. The van der Waals surface area contributed by atoms with Crippen molar-refractivity contribution in [3.05, 3.63) is 138 Å². The highest BCUT2D eigenvalue weighted by atomic mass is 31.2. The molecular formula is C33H19F12NO2P2. The van der Waals surface area contributed by atoms with Crippen LogP contribution in [-0.2, 0) is 33.8 Å². The van der Waals surface area contributed by atoms with E-state index in [4.69, 9.17) is 0 Å². The second-order valence-electron chi connectivity index (χ2n) is 10.8. The quantitative estimate of drug-likeness (QED) is 0.129. The number of pyridine rings is 1. The fourth-order valence-corrected chi connectivity index (χ4v) is 10.1. The molecule has 4 aromatic carbocycles. The van der Waals surface area contributed by atoms with Gasteiger partial charge in [0.15, 0.2) is 14.3 Å². The molecule has 0 aliphatic heterocycles. The minimum Gasteiger partial charge on any atom is -0.307 e. The van der Waals surface area contributed by atoms with Crippen molar-refractivity contribution in [3.8, 4) is 0 Å². The Bertz CT molecular complexity index is 1810. The van der Waals surface area contributed by atoms with Gasteiger partial charge in [-0.1, -0.05) is 54.6 Å². The number of benzene rings is 4. The van der Waals surface area contributed by atoms with Crippen LogP contribution < -0.4 is 32.1 Å². The molecule has 0 unspecified atom stereocenters. The third-order valence-corrected chi connectivity index (χ3v) is 13.5. The molecule has 1 aromatic heterocycles. The minimum absolute atomic E-state index is 0.325. The van der Waals surface area contributed by atoms with E-state index in [0.717, 1.165) is 66.7 Å². The number of alkyl halides is 12. The normalized spacial score (nSPS) is 13.4. The van der Waals surface area contributed by atoms with Crippen LogP contribution in [0.5, 0.6) is 0 Å². The lowest BCUT2D eigenvalue weighted by Gasteiger charge is -2.24. The molecule has 0 amide bonds. The summed E-state index contributed by atoms with van der Waals surface area (Å²) in [5.41, 5.74) is -5.55. The lowest BCUT2D eigenvalue weighted by molar-refractivity contribution is -0.138. The Morgan fingerprint density at radius 3 is 0.720 bits per heavy atom.